The number of aliphatic hydroxyl groups excluding tert-OH is 5. The Hall–Kier alpha value is -1.97. The van der Waals surface area contributed by atoms with Crippen LogP contribution in [0.2, 0.25) is 0 Å². The van der Waals surface area contributed by atoms with Crippen LogP contribution in [0, 0.1) is 56.2 Å². The third kappa shape index (κ3) is 7.97. The third-order valence-electron chi connectivity index (χ3n) is 19.8. The first-order valence-corrected chi connectivity index (χ1v) is 24.8. The minimum Gasteiger partial charge on any atom is -0.481 e. The molecule has 360 valence electrons. The van der Waals surface area contributed by atoms with Crippen LogP contribution in [0.15, 0.2) is 35.9 Å². The first-order chi connectivity index (χ1) is 30.3. The van der Waals surface area contributed by atoms with E-state index in [4.69, 9.17) is 14.2 Å². The van der Waals surface area contributed by atoms with Crippen LogP contribution >= 0.6 is 0 Å². The van der Waals surface area contributed by atoms with Gasteiger partial charge in [-0.25, -0.2) is 0 Å². The molecule has 1 aromatic rings. The van der Waals surface area contributed by atoms with Crippen LogP contribution in [0.5, 0.6) is 0 Å². The van der Waals surface area contributed by atoms with Crippen molar-refractivity contribution in [3.63, 3.8) is 0 Å². The maximum atomic E-state index is 13.6. The topological polar surface area (TPSA) is 198 Å². The molecule has 0 spiro atoms. The number of allylic oxidation sites excluding steroid dienone is 2. The Bertz CT molecular complexity index is 1850. The van der Waals surface area contributed by atoms with Gasteiger partial charge in [-0.1, -0.05) is 89.8 Å². The summed E-state index contributed by atoms with van der Waals surface area (Å²) < 4.78 is 19.8. The zero-order valence-electron chi connectivity index (χ0n) is 39.6. The average molecular weight is 896 g/mol. The number of fused-ring (bicyclic) bond motifs is 7. The van der Waals surface area contributed by atoms with Crippen molar-refractivity contribution in [2.24, 2.45) is 56.2 Å². The Kier molecular flexibility index (Phi) is 13.5. The quantitative estimate of drug-likeness (QED) is 0.0819. The van der Waals surface area contributed by atoms with E-state index in [1.165, 1.54) is 5.57 Å². The Morgan fingerprint density at radius 2 is 1.55 bits per heavy atom. The summed E-state index contributed by atoms with van der Waals surface area (Å²) in [4.78, 5) is 13.6. The number of nitrogens with one attached hydrogen (secondary N) is 1. The second kappa shape index (κ2) is 17.8. The van der Waals surface area contributed by atoms with Gasteiger partial charge < -0.3 is 55.3 Å². The average Bonchev–Trinajstić information content (AvgIpc) is 3.27. The number of carbonyl (C=O) groups is 1. The van der Waals surface area contributed by atoms with Gasteiger partial charge in [0.2, 0.25) is 0 Å². The number of ether oxygens (including phenoxy) is 3. The number of aliphatic carboxylic acids is 1. The van der Waals surface area contributed by atoms with Crippen molar-refractivity contribution in [2.75, 3.05) is 26.9 Å². The zero-order chi connectivity index (χ0) is 46.1. The highest BCUT2D eigenvalue weighted by atomic mass is 16.7. The van der Waals surface area contributed by atoms with Gasteiger partial charge in [0.1, 0.15) is 18.3 Å². The monoisotopic (exact) mass is 896 g/mol. The van der Waals surface area contributed by atoms with Crippen LogP contribution in [-0.4, -0.2) is 111 Å². The molecule has 8 N–H and O–H groups in total. The predicted molar refractivity (Wildman–Crippen MR) is 241 cm³/mol. The summed E-state index contributed by atoms with van der Waals surface area (Å²) in [5.74, 6) is -0.940. The van der Waals surface area contributed by atoms with Gasteiger partial charge in [-0.05, 0) is 141 Å². The molecule has 5 saturated carbocycles. The highest BCUT2D eigenvalue weighted by Gasteiger charge is 2.73. The standard InChI is InChI=1S/C52H81NO11/c1-46(30-54)20-22-52(45(59)60)23-21-49(4)35(36(52)25-46)24-34(14-19-51(61)16-8-7-9-17-51)42-47(2)26-38(62-28-33-12-10-32(11-13-33)27-53-6)43(64-44-41(58)40(57)37(56)29-63-44)48(3,31-55)39(47)15-18-50(42,49)5/h10-13,24,34,36-44,53-58,61H,7-9,14-23,25-31H2,1-6H3,(H,59,60)/t34-,36+,37-,38-,39+,40+,41-,42-,43-,44+,46+,47+,48+,49-,50-,52+/m1/s1. The fourth-order valence-corrected chi connectivity index (χ4v) is 15.9. The lowest BCUT2D eigenvalue weighted by atomic mass is 9.31. The molecule has 1 aliphatic heterocycles. The maximum Gasteiger partial charge on any atom is 0.310 e. The highest BCUT2D eigenvalue weighted by molar-refractivity contribution is 5.76. The van der Waals surface area contributed by atoms with Crippen molar-refractivity contribution in [1.82, 2.24) is 5.32 Å². The lowest BCUT2D eigenvalue weighted by Crippen LogP contribution is -2.70. The molecule has 0 radical (unpaired) electrons. The fourth-order valence-electron chi connectivity index (χ4n) is 15.9. The number of hydrogen-bond acceptors (Lipinski definition) is 11. The second-order valence-electron chi connectivity index (χ2n) is 23.5. The molecule has 7 aliphatic rings. The first-order valence-electron chi connectivity index (χ1n) is 24.8. The van der Waals surface area contributed by atoms with Gasteiger partial charge in [-0.3, -0.25) is 4.79 Å². The summed E-state index contributed by atoms with van der Waals surface area (Å²) in [6, 6.07) is 8.30. The summed E-state index contributed by atoms with van der Waals surface area (Å²) >= 11 is 0. The summed E-state index contributed by atoms with van der Waals surface area (Å²) in [7, 11) is 1.92. The van der Waals surface area contributed by atoms with E-state index >= 15 is 0 Å². The number of carboxylic acids is 1. The molecule has 64 heavy (non-hydrogen) atoms. The SMILES string of the molecule is CNCc1ccc(CO[C@@H]2C[C@@]3(C)[C@H](CC[C@]4(C)[C@@H]3[C@H](CCC3(O)CCCCC3)C=C3[C@@H]5C[C@@](C)(CO)CC[C@]5(C(=O)O)CC[C@]34C)[C@](C)(CO)[C@@H]2O[C@@H]2OC[C@@H](O)[C@H](O)[C@H]2O)cc1. The molecule has 0 bridgehead atoms. The molecule has 6 fully saturated rings. The number of aliphatic hydroxyl groups is 6. The van der Waals surface area contributed by atoms with Gasteiger partial charge in [-0.15, -0.1) is 0 Å². The molecule has 16 atom stereocenters. The van der Waals surface area contributed by atoms with Crippen LogP contribution in [-0.2, 0) is 32.2 Å². The molecule has 0 unspecified atom stereocenters. The largest absolute Gasteiger partial charge is 0.481 e. The van der Waals surface area contributed by atoms with E-state index < -0.39 is 64.6 Å². The maximum absolute atomic E-state index is 13.6. The van der Waals surface area contributed by atoms with Crippen molar-refractivity contribution in [2.45, 2.75) is 186 Å². The Labute approximate surface area is 381 Å². The molecule has 6 aliphatic carbocycles. The minimum atomic E-state index is -1.51. The van der Waals surface area contributed by atoms with Crippen LogP contribution in [0.25, 0.3) is 0 Å². The van der Waals surface area contributed by atoms with Gasteiger partial charge in [0, 0.05) is 18.6 Å². The van der Waals surface area contributed by atoms with Gasteiger partial charge in [-0.2, -0.15) is 0 Å². The Morgan fingerprint density at radius 3 is 2.20 bits per heavy atom. The van der Waals surface area contributed by atoms with E-state index in [-0.39, 0.29) is 66.3 Å². The number of hydrogen-bond donors (Lipinski definition) is 8. The Balaban J connectivity index is 1.24. The highest BCUT2D eigenvalue weighted by Crippen LogP contribution is 2.77. The summed E-state index contributed by atoms with van der Waals surface area (Å²) in [5, 5.41) is 81.4. The molecule has 1 saturated heterocycles. The van der Waals surface area contributed by atoms with Crippen molar-refractivity contribution >= 4 is 5.97 Å². The van der Waals surface area contributed by atoms with E-state index in [1.54, 1.807) is 0 Å². The summed E-state index contributed by atoms with van der Waals surface area (Å²) in [5.41, 5.74) is -0.589. The Morgan fingerprint density at radius 1 is 0.859 bits per heavy atom. The van der Waals surface area contributed by atoms with E-state index in [0.29, 0.717) is 38.5 Å². The third-order valence-corrected chi connectivity index (χ3v) is 19.8. The van der Waals surface area contributed by atoms with Crippen molar-refractivity contribution in [3.8, 4) is 0 Å². The molecule has 0 aromatic heterocycles. The van der Waals surface area contributed by atoms with Gasteiger partial charge >= 0.3 is 5.97 Å². The van der Waals surface area contributed by atoms with Crippen LogP contribution in [0.3, 0.4) is 0 Å². The molecule has 8 rings (SSSR count). The van der Waals surface area contributed by atoms with Crippen molar-refractivity contribution < 1.29 is 54.8 Å². The molecular weight excluding hydrogens is 815 g/mol. The lowest BCUT2D eigenvalue weighted by Gasteiger charge is -2.73. The van der Waals surface area contributed by atoms with Crippen LogP contribution in [0.4, 0.5) is 0 Å². The normalized spacial score (nSPS) is 46.5. The molecular formula is C52H81NO11. The van der Waals surface area contributed by atoms with E-state index in [1.807, 2.05) is 7.05 Å². The molecule has 1 heterocycles. The first kappa shape index (κ1) is 48.5. The van der Waals surface area contributed by atoms with Crippen LogP contribution < -0.4 is 5.32 Å². The smallest absolute Gasteiger partial charge is 0.310 e. The number of carboxylic acid groups (broad SMARTS) is 1. The number of rotatable bonds is 13. The second-order valence-corrected chi connectivity index (χ2v) is 23.5. The van der Waals surface area contributed by atoms with E-state index in [9.17, 15) is 40.5 Å². The lowest BCUT2D eigenvalue weighted by molar-refractivity contribution is -0.334. The molecule has 12 nitrogen and oxygen atoms in total. The van der Waals surface area contributed by atoms with Gasteiger partial charge in [0.05, 0.1) is 43.0 Å². The summed E-state index contributed by atoms with van der Waals surface area (Å²) in [6.45, 7) is 12.1. The van der Waals surface area contributed by atoms with Crippen LogP contribution in [0.1, 0.15) is 142 Å². The molecule has 1 aromatic carbocycles. The number of benzene rings is 1. The van der Waals surface area contributed by atoms with E-state index in [2.05, 4.69) is 70.3 Å². The van der Waals surface area contributed by atoms with Gasteiger partial charge in [0.15, 0.2) is 6.29 Å². The summed E-state index contributed by atoms with van der Waals surface area (Å²) in [6.07, 6.45) is 7.20. The van der Waals surface area contributed by atoms with E-state index in [0.717, 1.165) is 75.5 Å². The molecule has 12 heteroatoms. The van der Waals surface area contributed by atoms with Crippen molar-refractivity contribution in [3.05, 3.63) is 47.0 Å². The predicted octanol–water partition coefficient (Wildman–Crippen LogP) is 6.26. The molecule has 0 amide bonds. The minimum absolute atomic E-state index is 0.000328. The van der Waals surface area contributed by atoms with Crippen molar-refractivity contribution in [1.29, 1.82) is 0 Å². The zero-order valence-corrected chi connectivity index (χ0v) is 39.6. The fraction of sp³-hybridized carbons (Fsp3) is 0.827. The van der Waals surface area contributed by atoms with Gasteiger partial charge in [0.25, 0.3) is 0 Å².